The Morgan fingerprint density at radius 2 is 2.00 bits per heavy atom. The SMILES string of the molecule is CC.Cc1[nH]nc2cc(F)c(Br)cc12. The highest BCUT2D eigenvalue weighted by Crippen LogP contribution is 2.23. The molecule has 14 heavy (non-hydrogen) atoms. The number of hydrogen-bond acceptors (Lipinski definition) is 1. The Bertz CT molecular complexity index is 437. The number of nitrogens with zero attached hydrogens (tertiary/aromatic N) is 1. The fraction of sp³-hybridized carbons (Fsp3) is 0.300. The molecule has 0 fully saturated rings. The average Bonchev–Trinajstić information content (AvgIpc) is 2.53. The summed E-state index contributed by atoms with van der Waals surface area (Å²) in [6, 6.07) is 3.13. The third-order valence-corrected chi connectivity index (χ3v) is 2.39. The molecule has 0 saturated heterocycles. The minimum atomic E-state index is -0.283. The molecule has 1 aromatic heterocycles. The predicted molar refractivity (Wildman–Crippen MR) is 59.8 cm³/mol. The van der Waals surface area contributed by atoms with Crippen LogP contribution in [0.4, 0.5) is 4.39 Å². The third kappa shape index (κ3) is 1.95. The van der Waals surface area contributed by atoms with Crippen molar-refractivity contribution in [2.45, 2.75) is 20.8 Å². The molecule has 0 aliphatic heterocycles. The summed E-state index contributed by atoms with van der Waals surface area (Å²) in [7, 11) is 0. The van der Waals surface area contributed by atoms with Crippen molar-refractivity contribution in [3.05, 3.63) is 28.1 Å². The van der Waals surface area contributed by atoms with Crippen molar-refractivity contribution in [2.75, 3.05) is 0 Å². The average molecular weight is 259 g/mol. The number of H-pyrrole nitrogens is 1. The van der Waals surface area contributed by atoms with E-state index in [9.17, 15) is 4.39 Å². The molecule has 76 valence electrons. The zero-order valence-electron chi connectivity index (χ0n) is 8.36. The van der Waals surface area contributed by atoms with E-state index in [2.05, 4.69) is 26.1 Å². The number of benzene rings is 1. The third-order valence-electron chi connectivity index (χ3n) is 1.79. The summed E-state index contributed by atoms with van der Waals surface area (Å²) < 4.78 is 13.4. The van der Waals surface area contributed by atoms with E-state index in [1.54, 1.807) is 6.07 Å². The largest absolute Gasteiger partial charge is 0.282 e. The maximum Gasteiger partial charge on any atom is 0.139 e. The van der Waals surface area contributed by atoms with Gasteiger partial charge in [0.05, 0.1) is 9.99 Å². The van der Waals surface area contributed by atoms with Crippen LogP contribution in [-0.4, -0.2) is 10.2 Å². The van der Waals surface area contributed by atoms with Gasteiger partial charge in [0, 0.05) is 17.1 Å². The maximum atomic E-state index is 13.0. The monoisotopic (exact) mass is 258 g/mol. The Hall–Kier alpha value is -0.900. The first kappa shape index (κ1) is 11.2. The summed E-state index contributed by atoms with van der Waals surface area (Å²) in [5, 5.41) is 7.68. The summed E-state index contributed by atoms with van der Waals surface area (Å²) in [4.78, 5) is 0. The van der Waals surface area contributed by atoms with Crippen LogP contribution in [-0.2, 0) is 0 Å². The molecule has 2 rings (SSSR count). The molecule has 0 radical (unpaired) electrons. The summed E-state index contributed by atoms with van der Waals surface area (Å²) >= 11 is 3.12. The van der Waals surface area contributed by atoms with Crippen LogP contribution in [0.25, 0.3) is 10.9 Å². The summed E-state index contributed by atoms with van der Waals surface area (Å²) in [5.41, 5.74) is 1.61. The van der Waals surface area contributed by atoms with Gasteiger partial charge in [0.1, 0.15) is 5.82 Å². The second-order valence-electron chi connectivity index (χ2n) is 2.63. The van der Waals surface area contributed by atoms with Gasteiger partial charge in [-0.2, -0.15) is 5.10 Å². The molecule has 0 aliphatic carbocycles. The van der Waals surface area contributed by atoms with Gasteiger partial charge >= 0.3 is 0 Å². The molecule has 2 aromatic rings. The van der Waals surface area contributed by atoms with E-state index in [-0.39, 0.29) is 5.82 Å². The Balaban J connectivity index is 0.000000461. The molecule has 1 aromatic carbocycles. The topological polar surface area (TPSA) is 28.7 Å². The lowest BCUT2D eigenvalue weighted by Crippen LogP contribution is -1.77. The Labute approximate surface area is 90.6 Å². The molecule has 0 aliphatic rings. The summed E-state index contributed by atoms with van der Waals surface area (Å²) in [6.07, 6.45) is 0. The van der Waals surface area contributed by atoms with E-state index in [1.807, 2.05) is 20.8 Å². The number of halogens is 2. The predicted octanol–water partition coefficient (Wildman–Crippen LogP) is 3.80. The highest BCUT2D eigenvalue weighted by Gasteiger charge is 2.05. The van der Waals surface area contributed by atoms with Crippen molar-refractivity contribution in [3.8, 4) is 0 Å². The van der Waals surface area contributed by atoms with E-state index in [0.717, 1.165) is 11.1 Å². The van der Waals surface area contributed by atoms with E-state index < -0.39 is 0 Å². The molecule has 1 N–H and O–H groups in total. The standard InChI is InChI=1S/C8H6BrFN2.C2H6/c1-4-5-2-6(9)7(10)3-8(5)12-11-4;1-2/h2-3H,1H3,(H,11,12);1-2H3. The highest BCUT2D eigenvalue weighted by atomic mass is 79.9. The zero-order valence-corrected chi connectivity index (χ0v) is 9.94. The van der Waals surface area contributed by atoms with Crippen LogP contribution in [0.1, 0.15) is 19.5 Å². The number of rotatable bonds is 0. The lowest BCUT2D eigenvalue weighted by Gasteiger charge is -1.93. The fourth-order valence-electron chi connectivity index (χ4n) is 1.13. The van der Waals surface area contributed by atoms with Gasteiger partial charge in [-0.05, 0) is 28.9 Å². The first-order valence-electron chi connectivity index (χ1n) is 4.48. The van der Waals surface area contributed by atoms with Crippen LogP contribution in [0.15, 0.2) is 16.6 Å². The molecular formula is C10H12BrFN2. The molecular weight excluding hydrogens is 247 g/mol. The van der Waals surface area contributed by atoms with Crippen LogP contribution >= 0.6 is 15.9 Å². The van der Waals surface area contributed by atoms with Crippen molar-refractivity contribution in [1.82, 2.24) is 10.2 Å². The Morgan fingerprint density at radius 1 is 1.36 bits per heavy atom. The molecule has 4 heteroatoms. The second-order valence-corrected chi connectivity index (χ2v) is 3.49. The van der Waals surface area contributed by atoms with Gasteiger partial charge in [-0.25, -0.2) is 4.39 Å². The van der Waals surface area contributed by atoms with E-state index in [4.69, 9.17) is 0 Å². The van der Waals surface area contributed by atoms with Gasteiger partial charge in [0.25, 0.3) is 0 Å². The number of nitrogens with one attached hydrogen (secondary N) is 1. The van der Waals surface area contributed by atoms with Crippen LogP contribution in [0.2, 0.25) is 0 Å². The van der Waals surface area contributed by atoms with Crippen molar-refractivity contribution < 1.29 is 4.39 Å². The van der Waals surface area contributed by atoms with E-state index in [1.165, 1.54) is 6.07 Å². The van der Waals surface area contributed by atoms with Crippen LogP contribution in [0.5, 0.6) is 0 Å². The van der Waals surface area contributed by atoms with E-state index in [0.29, 0.717) is 9.99 Å². The lowest BCUT2D eigenvalue weighted by molar-refractivity contribution is 0.623. The van der Waals surface area contributed by atoms with Crippen LogP contribution in [0.3, 0.4) is 0 Å². The first-order valence-corrected chi connectivity index (χ1v) is 5.27. The van der Waals surface area contributed by atoms with Crippen molar-refractivity contribution in [2.24, 2.45) is 0 Å². The highest BCUT2D eigenvalue weighted by molar-refractivity contribution is 9.10. The van der Waals surface area contributed by atoms with Gasteiger partial charge in [0.15, 0.2) is 0 Å². The number of aromatic nitrogens is 2. The van der Waals surface area contributed by atoms with Crippen LogP contribution in [0, 0.1) is 12.7 Å². The first-order chi connectivity index (χ1) is 6.68. The van der Waals surface area contributed by atoms with Gasteiger partial charge in [0.2, 0.25) is 0 Å². The van der Waals surface area contributed by atoms with Gasteiger partial charge < -0.3 is 0 Å². The minimum absolute atomic E-state index is 0.283. The summed E-state index contributed by atoms with van der Waals surface area (Å²) in [5.74, 6) is -0.283. The van der Waals surface area contributed by atoms with Crippen molar-refractivity contribution >= 4 is 26.8 Å². The zero-order chi connectivity index (χ0) is 10.7. The quantitative estimate of drug-likeness (QED) is 0.765. The molecule has 2 nitrogen and oxygen atoms in total. The number of aryl methyl sites for hydroxylation is 1. The smallest absolute Gasteiger partial charge is 0.139 e. The minimum Gasteiger partial charge on any atom is -0.282 e. The molecule has 1 heterocycles. The summed E-state index contributed by atoms with van der Waals surface area (Å²) in [6.45, 7) is 5.90. The van der Waals surface area contributed by atoms with E-state index >= 15 is 0 Å². The van der Waals surface area contributed by atoms with Gasteiger partial charge in [-0.15, -0.1) is 0 Å². The number of fused-ring (bicyclic) bond motifs is 1. The molecule has 0 atom stereocenters. The van der Waals surface area contributed by atoms with Gasteiger partial charge in [-0.1, -0.05) is 13.8 Å². The number of aromatic amines is 1. The molecule has 0 amide bonds. The van der Waals surface area contributed by atoms with Gasteiger partial charge in [-0.3, -0.25) is 5.10 Å². The fourth-order valence-corrected chi connectivity index (χ4v) is 1.48. The Morgan fingerprint density at radius 3 is 2.64 bits per heavy atom. The lowest BCUT2D eigenvalue weighted by atomic mass is 10.2. The molecule has 0 saturated carbocycles. The second kappa shape index (κ2) is 4.55. The molecule has 0 spiro atoms. The molecule has 0 bridgehead atoms. The van der Waals surface area contributed by atoms with Crippen LogP contribution < -0.4 is 0 Å². The van der Waals surface area contributed by atoms with Crippen molar-refractivity contribution in [3.63, 3.8) is 0 Å². The number of hydrogen-bond donors (Lipinski definition) is 1. The molecule has 0 unspecified atom stereocenters. The van der Waals surface area contributed by atoms with Crippen molar-refractivity contribution in [1.29, 1.82) is 0 Å². The normalized spacial score (nSPS) is 9.79. The maximum absolute atomic E-state index is 13.0. The Kier molecular flexibility index (Phi) is 3.63.